The highest BCUT2D eigenvalue weighted by molar-refractivity contribution is 6.00. The van der Waals surface area contributed by atoms with Gasteiger partial charge in [0.15, 0.2) is 5.78 Å². The van der Waals surface area contributed by atoms with E-state index in [2.05, 4.69) is 20.6 Å². The molecule has 1 saturated heterocycles. The molecule has 4 heterocycles. The Morgan fingerprint density at radius 3 is 2.86 bits per heavy atom. The van der Waals surface area contributed by atoms with E-state index in [1.54, 1.807) is 42.6 Å². The summed E-state index contributed by atoms with van der Waals surface area (Å²) in [4.78, 5) is 33.9. The number of benzene rings is 2. The number of hydrogen-bond donors (Lipinski definition) is 2. The van der Waals surface area contributed by atoms with E-state index in [9.17, 15) is 14.0 Å². The summed E-state index contributed by atoms with van der Waals surface area (Å²) in [5.41, 5.74) is 2.24. The van der Waals surface area contributed by atoms with E-state index in [-0.39, 0.29) is 23.1 Å². The van der Waals surface area contributed by atoms with Crippen LogP contribution in [0.4, 0.5) is 16.0 Å². The Balaban J connectivity index is 1.38. The zero-order valence-electron chi connectivity index (χ0n) is 19.7. The molecule has 6 rings (SSSR count). The van der Waals surface area contributed by atoms with Crippen LogP contribution in [0.1, 0.15) is 28.9 Å². The van der Waals surface area contributed by atoms with Crippen LogP contribution in [0.25, 0.3) is 33.2 Å². The molecule has 1 fully saturated rings. The predicted octanol–water partition coefficient (Wildman–Crippen LogP) is 4.74. The van der Waals surface area contributed by atoms with Gasteiger partial charge in [0.1, 0.15) is 22.5 Å². The van der Waals surface area contributed by atoms with Crippen molar-refractivity contribution in [2.75, 3.05) is 25.0 Å². The lowest BCUT2D eigenvalue weighted by Gasteiger charge is -2.26. The maximum atomic E-state index is 14.1. The molecule has 1 aliphatic rings. The fraction of sp³-hybridized carbons (Fsp3) is 0.185. The number of fused-ring (bicyclic) bond motifs is 2. The molecule has 5 aromatic rings. The molecule has 0 aliphatic carbocycles. The molecule has 1 unspecified atom stereocenters. The quantitative estimate of drug-likeness (QED) is 0.260. The van der Waals surface area contributed by atoms with Gasteiger partial charge in [-0.1, -0.05) is 0 Å². The van der Waals surface area contributed by atoms with Gasteiger partial charge in [0.05, 0.1) is 30.1 Å². The summed E-state index contributed by atoms with van der Waals surface area (Å²) in [7, 11) is 0. The fourth-order valence-corrected chi connectivity index (χ4v) is 4.65. The minimum atomic E-state index is -0.710. The topological polar surface area (TPSA) is 119 Å². The molecular weight excluding hydrogens is 479 g/mol. The Bertz CT molecular complexity index is 1720. The van der Waals surface area contributed by atoms with Gasteiger partial charge in [0.2, 0.25) is 5.95 Å². The Morgan fingerprint density at radius 2 is 2.05 bits per heavy atom. The summed E-state index contributed by atoms with van der Waals surface area (Å²) >= 11 is 0. The number of Topliss-reactive ketones (excluding diaryl/α,β-unsaturated/α-hetero) is 1. The van der Waals surface area contributed by atoms with Crippen LogP contribution < -0.4 is 16.3 Å². The second-order valence-corrected chi connectivity index (χ2v) is 8.66. The van der Waals surface area contributed by atoms with Crippen molar-refractivity contribution in [1.29, 1.82) is 0 Å². The zero-order chi connectivity index (χ0) is 25.5. The van der Waals surface area contributed by atoms with Crippen molar-refractivity contribution < 1.29 is 22.8 Å². The molecule has 0 saturated carbocycles. The fourth-order valence-electron chi connectivity index (χ4n) is 4.65. The highest BCUT2D eigenvalue weighted by Crippen LogP contribution is 2.33. The molecular formula is C27H21FN4O5. The number of morpholine rings is 1. The van der Waals surface area contributed by atoms with Crippen molar-refractivity contribution in [3.8, 4) is 11.3 Å². The lowest BCUT2D eigenvalue weighted by Crippen LogP contribution is -2.35. The number of carbonyl (C=O) groups is 1. The SMILES string of the molecule is CC(=O)c1c(C2CNCCO2)c2ccc(Nc3nccc(-c4ccc(F)c5ccoc45)n3)cc2oc1=O. The summed E-state index contributed by atoms with van der Waals surface area (Å²) < 4.78 is 31.0. The van der Waals surface area contributed by atoms with E-state index in [0.717, 1.165) is 0 Å². The molecule has 1 aliphatic heterocycles. The van der Waals surface area contributed by atoms with Gasteiger partial charge in [-0.3, -0.25) is 4.79 Å². The van der Waals surface area contributed by atoms with E-state index < -0.39 is 11.7 Å². The molecule has 10 heteroatoms. The Labute approximate surface area is 209 Å². The van der Waals surface area contributed by atoms with E-state index >= 15 is 0 Å². The molecule has 0 radical (unpaired) electrons. The van der Waals surface area contributed by atoms with Crippen molar-refractivity contribution >= 4 is 39.4 Å². The zero-order valence-corrected chi connectivity index (χ0v) is 19.7. The first-order valence-corrected chi connectivity index (χ1v) is 11.7. The van der Waals surface area contributed by atoms with Crippen LogP contribution in [0.3, 0.4) is 0 Å². The summed E-state index contributed by atoms with van der Waals surface area (Å²) in [6.45, 7) is 2.98. The number of rotatable bonds is 5. The number of hydrogen-bond acceptors (Lipinski definition) is 9. The lowest BCUT2D eigenvalue weighted by atomic mass is 9.96. The van der Waals surface area contributed by atoms with Crippen LogP contribution in [0.2, 0.25) is 0 Å². The average Bonchev–Trinajstić information content (AvgIpc) is 3.39. The summed E-state index contributed by atoms with van der Waals surface area (Å²) in [6.07, 6.45) is 2.56. The van der Waals surface area contributed by atoms with Gasteiger partial charge in [-0.2, -0.15) is 0 Å². The minimum absolute atomic E-state index is 0.00137. The van der Waals surface area contributed by atoms with Crippen LogP contribution in [0.5, 0.6) is 0 Å². The molecule has 2 N–H and O–H groups in total. The number of ketones is 1. The highest BCUT2D eigenvalue weighted by atomic mass is 19.1. The third-order valence-corrected chi connectivity index (χ3v) is 6.30. The van der Waals surface area contributed by atoms with Gasteiger partial charge < -0.3 is 24.2 Å². The van der Waals surface area contributed by atoms with Crippen molar-refractivity contribution in [3.05, 3.63) is 82.3 Å². The molecule has 0 bridgehead atoms. The second-order valence-electron chi connectivity index (χ2n) is 8.66. The number of ether oxygens (including phenoxy) is 1. The third kappa shape index (κ3) is 4.15. The number of nitrogens with zero attached hydrogens (tertiary/aromatic N) is 2. The van der Waals surface area contributed by atoms with Gasteiger partial charge >= 0.3 is 5.63 Å². The lowest BCUT2D eigenvalue weighted by molar-refractivity contribution is 0.0277. The number of furan rings is 1. The monoisotopic (exact) mass is 500 g/mol. The first-order chi connectivity index (χ1) is 18.0. The van der Waals surface area contributed by atoms with E-state index in [4.69, 9.17) is 13.6 Å². The molecule has 3 aromatic heterocycles. The molecule has 0 spiro atoms. The van der Waals surface area contributed by atoms with Crippen LogP contribution in [0, 0.1) is 5.82 Å². The summed E-state index contributed by atoms with van der Waals surface area (Å²) in [5.74, 6) is -0.471. The van der Waals surface area contributed by atoms with Crippen molar-refractivity contribution in [2.45, 2.75) is 13.0 Å². The van der Waals surface area contributed by atoms with Gasteiger partial charge in [0, 0.05) is 47.6 Å². The molecule has 186 valence electrons. The smallest absolute Gasteiger partial charge is 0.347 e. The highest BCUT2D eigenvalue weighted by Gasteiger charge is 2.27. The standard InChI is InChI=1S/C27H21FN4O5/c1-14(33)23-24(22-13-29-9-11-35-22)18-3-2-15(12-21(18)37-26(23)34)31-27-30-8-6-20(32-27)17-4-5-19(28)16-7-10-36-25(16)17/h2-8,10,12,22,29H,9,11,13H2,1H3,(H,30,31,32). The van der Waals surface area contributed by atoms with E-state index in [1.165, 1.54) is 19.3 Å². The van der Waals surface area contributed by atoms with Gasteiger partial charge in [0.25, 0.3) is 0 Å². The normalized spacial score (nSPS) is 15.8. The van der Waals surface area contributed by atoms with Crippen LogP contribution in [0.15, 0.2) is 68.6 Å². The predicted molar refractivity (Wildman–Crippen MR) is 135 cm³/mol. The van der Waals surface area contributed by atoms with Crippen molar-refractivity contribution in [3.63, 3.8) is 0 Å². The van der Waals surface area contributed by atoms with Crippen molar-refractivity contribution in [1.82, 2.24) is 15.3 Å². The first-order valence-electron chi connectivity index (χ1n) is 11.7. The third-order valence-electron chi connectivity index (χ3n) is 6.30. The number of carbonyl (C=O) groups excluding carboxylic acids is 1. The average molecular weight is 500 g/mol. The Morgan fingerprint density at radius 1 is 1.16 bits per heavy atom. The molecule has 1 atom stereocenters. The van der Waals surface area contributed by atoms with Crippen molar-refractivity contribution in [2.24, 2.45) is 0 Å². The minimum Gasteiger partial charge on any atom is -0.464 e. The largest absolute Gasteiger partial charge is 0.464 e. The second kappa shape index (κ2) is 9.23. The Hall–Kier alpha value is -4.41. The maximum Gasteiger partial charge on any atom is 0.347 e. The van der Waals surface area contributed by atoms with Gasteiger partial charge in [-0.25, -0.2) is 19.2 Å². The molecule has 9 nitrogen and oxygen atoms in total. The number of aromatic nitrogens is 2. The molecule has 37 heavy (non-hydrogen) atoms. The van der Waals surface area contributed by atoms with Crippen LogP contribution in [-0.4, -0.2) is 35.4 Å². The number of nitrogens with one attached hydrogen (secondary N) is 2. The van der Waals surface area contributed by atoms with Gasteiger partial charge in [-0.15, -0.1) is 0 Å². The maximum absolute atomic E-state index is 14.1. The first kappa shape index (κ1) is 23.0. The van der Waals surface area contributed by atoms with E-state index in [1.807, 2.05) is 0 Å². The molecule has 0 amide bonds. The summed E-state index contributed by atoms with van der Waals surface area (Å²) in [5, 5.41) is 7.33. The Kier molecular flexibility index (Phi) is 5.74. The van der Waals surface area contributed by atoms with Crippen LogP contribution in [-0.2, 0) is 4.74 Å². The molecule has 2 aromatic carbocycles. The van der Waals surface area contributed by atoms with Gasteiger partial charge in [-0.05, 0) is 43.3 Å². The number of halogens is 1. The van der Waals surface area contributed by atoms with E-state index in [0.29, 0.717) is 64.1 Å². The van der Waals surface area contributed by atoms with Crippen LogP contribution >= 0.6 is 0 Å². The number of anilines is 2. The summed E-state index contributed by atoms with van der Waals surface area (Å²) in [6, 6.07) is 11.5.